The van der Waals surface area contributed by atoms with Crippen LogP contribution in [0.2, 0.25) is 0 Å². The second-order valence-electron chi connectivity index (χ2n) is 4.84. The van der Waals surface area contributed by atoms with E-state index >= 15 is 0 Å². The lowest BCUT2D eigenvalue weighted by atomic mass is 10.1. The van der Waals surface area contributed by atoms with E-state index in [0.29, 0.717) is 4.90 Å². The molecular weight excluding hydrogens is 248 g/mol. The molecule has 18 heavy (non-hydrogen) atoms. The molecule has 1 saturated carbocycles. The summed E-state index contributed by atoms with van der Waals surface area (Å²) in [5.41, 5.74) is 0.989. The molecule has 5 heteroatoms. The van der Waals surface area contributed by atoms with Gasteiger partial charge in [0.15, 0.2) is 0 Å². The summed E-state index contributed by atoms with van der Waals surface area (Å²) in [5.74, 6) is 0. The summed E-state index contributed by atoms with van der Waals surface area (Å²) in [4.78, 5) is 0.386. The van der Waals surface area contributed by atoms with Crippen LogP contribution in [-0.2, 0) is 10.0 Å². The Balaban J connectivity index is 2.32. The van der Waals surface area contributed by atoms with Crippen molar-refractivity contribution in [2.45, 2.75) is 36.7 Å². The van der Waals surface area contributed by atoms with Gasteiger partial charge in [0.1, 0.15) is 0 Å². The summed E-state index contributed by atoms with van der Waals surface area (Å²) in [6.45, 7) is 2.01. The molecule has 100 valence electrons. The molecule has 1 aromatic rings. The Hall–Kier alpha value is -0.910. The van der Waals surface area contributed by atoms with Crippen molar-refractivity contribution in [3.05, 3.63) is 29.8 Å². The Kier molecular flexibility index (Phi) is 3.75. The summed E-state index contributed by atoms with van der Waals surface area (Å²) in [6, 6.07) is 7.51. The third kappa shape index (κ3) is 2.58. The van der Waals surface area contributed by atoms with Crippen molar-refractivity contribution in [2.75, 3.05) is 14.1 Å². The molecule has 4 nitrogen and oxygen atoms in total. The predicted molar refractivity (Wildman–Crippen MR) is 71.9 cm³/mol. The molecule has 2 rings (SSSR count). The lowest BCUT2D eigenvalue weighted by Gasteiger charge is -2.18. The van der Waals surface area contributed by atoms with Crippen LogP contribution < -0.4 is 5.32 Å². The maximum atomic E-state index is 12.4. The lowest BCUT2D eigenvalue weighted by Crippen LogP contribution is -2.29. The average molecular weight is 268 g/mol. The molecule has 0 amide bonds. The van der Waals surface area contributed by atoms with Gasteiger partial charge in [0.25, 0.3) is 0 Å². The summed E-state index contributed by atoms with van der Waals surface area (Å²) >= 11 is 0. The fourth-order valence-corrected chi connectivity index (χ4v) is 3.38. The number of nitrogens with one attached hydrogen (secondary N) is 1. The van der Waals surface area contributed by atoms with Crippen molar-refractivity contribution in [1.29, 1.82) is 0 Å². The molecule has 1 aliphatic rings. The quantitative estimate of drug-likeness (QED) is 0.885. The first-order chi connectivity index (χ1) is 8.46. The highest BCUT2D eigenvalue weighted by Gasteiger charge is 2.35. The maximum Gasteiger partial charge on any atom is 0.243 e. The van der Waals surface area contributed by atoms with Crippen LogP contribution in [-0.4, -0.2) is 32.9 Å². The van der Waals surface area contributed by atoms with Crippen LogP contribution in [0.4, 0.5) is 0 Å². The minimum atomic E-state index is -3.33. The molecule has 1 aromatic carbocycles. The highest BCUT2D eigenvalue weighted by atomic mass is 32.2. The van der Waals surface area contributed by atoms with Crippen LogP contribution in [0.5, 0.6) is 0 Å². The highest BCUT2D eigenvalue weighted by molar-refractivity contribution is 7.89. The smallest absolute Gasteiger partial charge is 0.243 e. The van der Waals surface area contributed by atoms with Gasteiger partial charge >= 0.3 is 0 Å². The highest BCUT2D eigenvalue weighted by Crippen LogP contribution is 2.30. The average Bonchev–Trinajstić information content (AvgIpc) is 3.21. The first-order valence-electron chi connectivity index (χ1n) is 6.22. The van der Waals surface area contributed by atoms with E-state index in [4.69, 9.17) is 0 Å². The van der Waals surface area contributed by atoms with Crippen molar-refractivity contribution in [2.24, 2.45) is 0 Å². The van der Waals surface area contributed by atoms with Crippen molar-refractivity contribution in [1.82, 2.24) is 9.62 Å². The second-order valence-corrected chi connectivity index (χ2v) is 6.83. The summed E-state index contributed by atoms with van der Waals surface area (Å²) in [5, 5.41) is 3.12. The van der Waals surface area contributed by atoms with E-state index in [1.165, 1.54) is 4.31 Å². The van der Waals surface area contributed by atoms with E-state index in [1.807, 2.05) is 20.0 Å². The van der Waals surface area contributed by atoms with Gasteiger partial charge in [0, 0.05) is 19.1 Å². The van der Waals surface area contributed by atoms with Gasteiger partial charge in [-0.25, -0.2) is 8.42 Å². The minimum absolute atomic E-state index is 0.145. The minimum Gasteiger partial charge on any atom is -0.313 e. The third-order valence-corrected chi connectivity index (χ3v) is 5.44. The molecule has 0 spiro atoms. The molecule has 1 unspecified atom stereocenters. The summed E-state index contributed by atoms with van der Waals surface area (Å²) in [6.07, 6.45) is 1.95. The monoisotopic (exact) mass is 268 g/mol. The Bertz CT molecular complexity index is 524. The molecule has 0 saturated heterocycles. The van der Waals surface area contributed by atoms with Gasteiger partial charge in [-0.3, -0.25) is 0 Å². The Labute approximate surface area is 109 Å². The maximum absolute atomic E-state index is 12.4. The van der Waals surface area contributed by atoms with E-state index in [1.54, 1.807) is 25.2 Å². The van der Waals surface area contributed by atoms with Gasteiger partial charge in [-0.1, -0.05) is 12.1 Å². The first kappa shape index (κ1) is 13.5. The number of sulfonamides is 1. The molecule has 1 fully saturated rings. The SMILES string of the molecule is CNC(C)c1cccc(S(=O)(=O)N(C)C2CC2)c1. The summed E-state index contributed by atoms with van der Waals surface area (Å²) in [7, 11) is 0.197. The van der Waals surface area contributed by atoms with Crippen molar-refractivity contribution in [3.8, 4) is 0 Å². The fourth-order valence-electron chi connectivity index (χ4n) is 1.91. The van der Waals surface area contributed by atoms with Gasteiger partial charge in [0.05, 0.1) is 4.90 Å². The van der Waals surface area contributed by atoms with Gasteiger partial charge in [0.2, 0.25) is 10.0 Å². The fraction of sp³-hybridized carbons (Fsp3) is 0.538. The molecular formula is C13H20N2O2S. The first-order valence-corrected chi connectivity index (χ1v) is 7.66. The normalized spacial score (nSPS) is 18.0. The largest absolute Gasteiger partial charge is 0.313 e. The van der Waals surface area contributed by atoms with Gasteiger partial charge in [-0.05, 0) is 44.5 Å². The molecule has 0 heterocycles. The summed E-state index contributed by atoms with van der Waals surface area (Å²) < 4.78 is 26.3. The molecule has 1 aliphatic carbocycles. The van der Waals surface area contributed by atoms with Crippen LogP contribution in [0.3, 0.4) is 0 Å². The number of hydrogen-bond acceptors (Lipinski definition) is 3. The molecule has 0 aromatic heterocycles. The predicted octanol–water partition coefficient (Wildman–Crippen LogP) is 1.75. The molecule has 0 bridgehead atoms. The zero-order chi connectivity index (χ0) is 13.3. The van der Waals surface area contributed by atoms with Gasteiger partial charge in [-0.2, -0.15) is 4.31 Å². The van der Waals surface area contributed by atoms with E-state index in [2.05, 4.69) is 5.32 Å². The second kappa shape index (κ2) is 4.99. The topological polar surface area (TPSA) is 49.4 Å². The zero-order valence-corrected chi connectivity index (χ0v) is 11.9. The van der Waals surface area contributed by atoms with Crippen LogP contribution in [0.25, 0.3) is 0 Å². The van der Waals surface area contributed by atoms with Crippen LogP contribution in [0.1, 0.15) is 31.4 Å². The van der Waals surface area contributed by atoms with Crippen LogP contribution >= 0.6 is 0 Å². The van der Waals surface area contributed by atoms with Crippen LogP contribution in [0, 0.1) is 0 Å². The zero-order valence-electron chi connectivity index (χ0n) is 11.1. The van der Waals surface area contributed by atoms with Gasteiger partial charge < -0.3 is 5.32 Å². The Morgan fingerprint density at radius 3 is 2.61 bits per heavy atom. The molecule has 0 radical (unpaired) electrons. The molecule has 1 N–H and O–H groups in total. The van der Waals surface area contributed by atoms with E-state index in [0.717, 1.165) is 18.4 Å². The number of nitrogens with zero attached hydrogens (tertiary/aromatic N) is 1. The lowest BCUT2D eigenvalue weighted by molar-refractivity contribution is 0.464. The number of hydrogen-bond donors (Lipinski definition) is 1. The van der Waals surface area contributed by atoms with E-state index in [-0.39, 0.29) is 12.1 Å². The Morgan fingerprint density at radius 2 is 2.06 bits per heavy atom. The van der Waals surface area contributed by atoms with Crippen molar-refractivity contribution in [3.63, 3.8) is 0 Å². The van der Waals surface area contributed by atoms with Gasteiger partial charge in [-0.15, -0.1) is 0 Å². The van der Waals surface area contributed by atoms with E-state index in [9.17, 15) is 8.42 Å². The molecule has 0 aliphatic heterocycles. The van der Waals surface area contributed by atoms with Crippen molar-refractivity contribution < 1.29 is 8.42 Å². The van der Waals surface area contributed by atoms with E-state index < -0.39 is 10.0 Å². The van der Waals surface area contributed by atoms with Crippen LogP contribution in [0.15, 0.2) is 29.2 Å². The number of benzene rings is 1. The number of rotatable bonds is 5. The Morgan fingerprint density at radius 1 is 1.39 bits per heavy atom. The van der Waals surface area contributed by atoms with Crippen molar-refractivity contribution >= 4 is 10.0 Å². The molecule has 1 atom stereocenters. The standard InChI is InChI=1S/C13H20N2O2S/c1-10(14-2)11-5-4-6-13(9-11)18(16,17)15(3)12-7-8-12/h4-6,9-10,12,14H,7-8H2,1-3H3. The third-order valence-electron chi connectivity index (χ3n) is 3.53.